The number of aryl methyl sites for hydroxylation is 3. The lowest BCUT2D eigenvalue weighted by atomic mass is 10.2. The van der Waals surface area contributed by atoms with Crippen molar-refractivity contribution in [3.05, 3.63) is 41.2 Å². The number of nitrogens with zero attached hydrogens (tertiary/aromatic N) is 2. The predicted octanol–water partition coefficient (Wildman–Crippen LogP) is 2.39. The molecule has 2 rings (SSSR count). The van der Waals surface area contributed by atoms with Gasteiger partial charge in [-0.3, -0.25) is 4.68 Å². The molecule has 0 spiro atoms. The van der Waals surface area contributed by atoms with Gasteiger partial charge < -0.3 is 15.2 Å². The third-order valence-corrected chi connectivity index (χ3v) is 3.43. The number of benzene rings is 1. The lowest BCUT2D eigenvalue weighted by Crippen LogP contribution is -2.17. The monoisotopic (exact) mass is 289 g/mol. The number of aromatic nitrogens is 2. The number of ether oxygens (including phenoxy) is 1. The SMILES string of the molecule is COc1ccc(CNCCCn2nc(C)cc2C)c(O)c1. The molecule has 0 fully saturated rings. The molecular weight excluding hydrogens is 266 g/mol. The number of phenols is 1. The van der Waals surface area contributed by atoms with Crippen molar-refractivity contribution in [3.8, 4) is 11.5 Å². The Labute approximate surface area is 125 Å². The second-order valence-corrected chi connectivity index (χ2v) is 5.18. The van der Waals surface area contributed by atoms with E-state index in [-0.39, 0.29) is 5.75 Å². The number of hydrogen-bond donors (Lipinski definition) is 2. The van der Waals surface area contributed by atoms with Crippen molar-refractivity contribution in [1.29, 1.82) is 0 Å². The molecule has 0 aliphatic heterocycles. The molecule has 0 amide bonds. The first-order valence-corrected chi connectivity index (χ1v) is 7.18. The van der Waals surface area contributed by atoms with Crippen LogP contribution in [0.3, 0.4) is 0 Å². The van der Waals surface area contributed by atoms with E-state index in [0.29, 0.717) is 12.3 Å². The van der Waals surface area contributed by atoms with Crippen molar-refractivity contribution in [2.75, 3.05) is 13.7 Å². The topological polar surface area (TPSA) is 59.3 Å². The average Bonchev–Trinajstić information content (AvgIpc) is 2.78. The molecule has 5 nitrogen and oxygen atoms in total. The van der Waals surface area contributed by atoms with E-state index < -0.39 is 0 Å². The van der Waals surface area contributed by atoms with Crippen LogP contribution in [0.5, 0.6) is 11.5 Å². The third-order valence-electron chi connectivity index (χ3n) is 3.43. The number of aromatic hydroxyl groups is 1. The van der Waals surface area contributed by atoms with Gasteiger partial charge in [-0.15, -0.1) is 0 Å². The second-order valence-electron chi connectivity index (χ2n) is 5.18. The van der Waals surface area contributed by atoms with Crippen LogP contribution in [0.25, 0.3) is 0 Å². The van der Waals surface area contributed by atoms with E-state index in [2.05, 4.69) is 23.4 Å². The Morgan fingerprint density at radius 2 is 2.10 bits per heavy atom. The molecule has 21 heavy (non-hydrogen) atoms. The van der Waals surface area contributed by atoms with Crippen molar-refractivity contribution in [2.45, 2.75) is 33.4 Å². The first-order valence-electron chi connectivity index (χ1n) is 7.18. The fourth-order valence-corrected chi connectivity index (χ4v) is 2.30. The zero-order valence-electron chi connectivity index (χ0n) is 12.9. The van der Waals surface area contributed by atoms with Crippen LogP contribution in [0.4, 0.5) is 0 Å². The van der Waals surface area contributed by atoms with Crippen LogP contribution in [0.1, 0.15) is 23.4 Å². The van der Waals surface area contributed by atoms with Crippen LogP contribution in [-0.2, 0) is 13.1 Å². The molecule has 0 aliphatic carbocycles. The Hall–Kier alpha value is -2.01. The Morgan fingerprint density at radius 1 is 1.29 bits per heavy atom. The quantitative estimate of drug-likeness (QED) is 0.768. The molecule has 0 atom stereocenters. The Morgan fingerprint density at radius 3 is 2.71 bits per heavy atom. The van der Waals surface area contributed by atoms with Crippen LogP contribution < -0.4 is 10.1 Å². The molecule has 5 heteroatoms. The lowest BCUT2D eigenvalue weighted by molar-refractivity contribution is 0.405. The maximum Gasteiger partial charge on any atom is 0.123 e. The van der Waals surface area contributed by atoms with Crippen LogP contribution in [-0.4, -0.2) is 28.5 Å². The summed E-state index contributed by atoms with van der Waals surface area (Å²) in [5.74, 6) is 0.932. The summed E-state index contributed by atoms with van der Waals surface area (Å²) in [4.78, 5) is 0. The molecule has 0 aliphatic rings. The van der Waals surface area contributed by atoms with Gasteiger partial charge in [0.2, 0.25) is 0 Å². The number of phenolic OH excluding ortho intramolecular Hbond substituents is 1. The van der Waals surface area contributed by atoms with Gasteiger partial charge in [0.25, 0.3) is 0 Å². The number of methoxy groups -OCH3 is 1. The maximum absolute atomic E-state index is 9.86. The summed E-state index contributed by atoms with van der Waals surface area (Å²) in [5, 5.41) is 17.6. The molecule has 2 N–H and O–H groups in total. The van der Waals surface area contributed by atoms with Crippen LogP contribution in [0, 0.1) is 13.8 Å². The molecule has 114 valence electrons. The molecule has 1 aromatic carbocycles. The molecule has 2 aromatic rings. The highest BCUT2D eigenvalue weighted by Gasteiger charge is 2.03. The summed E-state index contributed by atoms with van der Waals surface area (Å²) in [7, 11) is 1.59. The van der Waals surface area contributed by atoms with E-state index in [1.165, 1.54) is 5.69 Å². The first kappa shape index (κ1) is 15.4. The highest BCUT2D eigenvalue weighted by Crippen LogP contribution is 2.22. The molecule has 0 radical (unpaired) electrons. The lowest BCUT2D eigenvalue weighted by Gasteiger charge is -2.09. The summed E-state index contributed by atoms with van der Waals surface area (Å²) >= 11 is 0. The largest absolute Gasteiger partial charge is 0.507 e. The molecular formula is C16H23N3O2. The van der Waals surface area contributed by atoms with E-state index >= 15 is 0 Å². The molecule has 0 saturated heterocycles. The van der Waals surface area contributed by atoms with Gasteiger partial charge in [-0.2, -0.15) is 5.10 Å². The van der Waals surface area contributed by atoms with E-state index in [9.17, 15) is 5.11 Å². The number of nitrogens with one attached hydrogen (secondary N) is 1. The van der Waals surface area contributed by atoms with Gasteiger partial charge in [-0.25, -0.2) is 0 Å². The summed E-state index contributed by atoms with van der Waals surface area (Å²) in [6, 6.07) is 7.45. The van der Waals surface area contributed by atoms with Crippen molar-refractivity contribution in [2.24, 2.45) is 0 Å². The second kappa shape index (κ2) is 7.13. The Kier molecular flexibility index (Phi) is 5.22. The van der Waals surface area contributed by atoms with Crippen LogP contribution in [0.15, 0.2) is 24.3 Å². The predicted molar refractivity (Wildman–Crippen MR) is 82.7 cm³/mol. The van der Waals surface area contributed by atoms with Crippen molar-refractivity contribution < 1.29 is 9.84 Å². The Balaban J connectivity index is 1.73. The summed E-state index contributed by atoms with van der Waals surface area (Å²) in [5.41, 5.74) is 3.13. The van der Waals surface area contributed by atoms with E-state index in [1.807, 2.05) is 23.7 Å². The number of rotatable bonds is 7. The molecule has 0 unspecified atom stereocenters. The minimum Gasteiger partial charge on any atom is -0.507 e. The molecule has 0 saturated carbocycles. The van der Waals surface area contributed by atoms with E-state index in [0.717, 1.165) is 30.8 Å². The van der Waals surface area contributed by atoms with E-state index in [4.69, 9.17) is 4.74 Å². The van der Waals surface area contributed by atoms with Crippen molar-refractivity contribution in [3.63, 3.8) is 0 Å². The zero-order chi connectivity index (χ0) is 15.2. The fourth-order valence-electron chi connectivity index (χ4n) is 2.30. The van der Waals surface area contributed by atoms with Gasteiger partial charge in [0.05, 0.1) is 12.8 Å². The average molecular weight is 289 g/mol. The zero-order valence-corrected chi connectivity index (χ0v) is 12.9. The van der Waals surface area contributed by atoms with Crippen LogP contribution in [0.2, 0.25) is 0 Å². The van der Waals surface area contributed by atoms with Gasteiger partial charge in [-0.05, 0) is 38.9 Å². The first-order chi connectivity index (χ1) is 10.1. The third kappa shape index (κ3) is 4.23. The fraction of sp³-hybridized carbons (Fsp3) is 0.438. The van der Waals surface area contributed by atoms with Crippen LogP contribution >= 0.6 is 0 Å². The summed E-state index contributed by atoms with van der Waals surface area (Å²) < 4.78 is 7.09. The van der Waals surface area contributed by atoms with E-state index in [1.54, 1.807) is 13.2 Å². The van der Waals surface area contributed by atoms with Gasteiger partial charge >= 0.3 is 0 Å². The van der Waals surface area contributed by atoms with Gasteiger partial charge in [0.1, 0.15) is 11.5 Å². The standard InChI is InChI=1S/C16H23N3O2/c1-12-9-13(2)19(18-12)8-4-7-17-11-14-5-6-15(21-3)10-16(14)20/h5-6,9-10,17,20H,4,7-8,11H2,1-3H3. The summed E-state index contributed by atoms with van der Waals surface area (Å²) in [6.45, 7) is 6.51. The molecule has 0 bridgehead atoms. The normalized spacial score (nSPS) is 10.8. The van der Waals surface area contributed by atoms with Crippen molar-refractivity contribution in [1.82, 2.24) is 15.1 Å². The minimum absolute atomic E-state index is 0.264. The highest BCUT2D eigenvalue weighted by atomic mass is 16.5. The highest BCUT2D eigenvalue weighted by molar-refractivity contribution is 5.39. The summed E-state index contributed by atoms with van der Waals surface area (Å²) in [6.07, 6.45) is 0.999. The van der Waals surface area contributed by atoms with Crippen molar-refractivity contribution >= 4 is 0 Å². The van der Waals surface area contributed by atoms with Gasteiger partial charge in [0.15, 0.2) is 0 Å². The minimum atomic E-state index is 0.264. The molecule has 1 aromatic heterocycles. The van der Waals surface area contributed by atoms with Gasteiger partial charge in [-0.1, -0.05) is 6.07 Å². The molecule has 1 heterocycles. The number of hydrogen-bond acceptors (Lipinski definition) is 4. The smallest absolute Gasteiger partial charge is 0.123 e. The van der Waals surface area contributed by atoms with Gasteiger partial charge in [0, 0.05) is 30.4 Å². The maximum atomic E-state index is 9.86. The Bertz CT molecular complexity index is 593.